The van der Waals surface area contributed by atoms with Crippen molar-refractivity contribution in [3.8, 4) is 0 Å². The number of anilines is 3. The summed E-state index contributed by atoms with van der Waals surface area (Å²) in [6, 6.07) is 35.5. The molecule has 82 heavy (non-hydrogen) atoms. The fourth-order valence-corrected chi connectivity index (χ4v) is 8.08. The van der Waals surface area contributed by atoms with E-state index in [0.29, 0.717) is 60.6 Å². The summed E-state index contributed by atoms with van der Waals surface area (Å²) >= 11 is 3.22. The first-order chi connectivity index (χ1) is 39.1. The Morgan fingerprint density at radius 1 is 0.610 bits per heavy atom. The van der Waals surface area contributed by atoms with E-state index in [1.165, 1.54) is 70.0 Å². The smallest absolute Gasteiger partial charge is 0.476 e. The van der Waals surface area contributed by atoms with Crippen LogP contribution in [0.4, 0.5) is 30.6 Å². The summed E-state index contributed by atoms with van der Waals surface area (Å²) in [7, 11) is -0.363. The summed E-state index contributed by atoms with van der Waals surface area (Å²) in [6.45, 7) is 9.19. The molecule has 11 rings (SSSR count). The van der Waals surface area contributed by atoms with Gasteiger partial charge in [-0.2, -0.15) is 10.2 Å². The van der Waals surface area contributed by atoms with E-state index in [9.17, 15) is 32.3 Å². The molecule has 6 heterocycles. The first kappa shape index (κ1) is 61.3. The van der Waals surface area contributed by atoms with Gasteiger partial charge < -0.3 is 31.2 Å². The summed E-state index contributed by atoms with van der Waals surface area (Å²) in [5.74, 6) is 0.185. The third-order valence-electron chi connectivity index (χ3n) is 13.3. The number of pyridine rings is 3. The van der Waals surface area contributed by atoms with Gasteiger partial charge in [-0.25, -0.2) is 42.3 Å². The molecule has 426 valence electrons. The Labute approximate surface area is 481 Å². The number of aromatic carboxylic acids is 1. The van der Waals surface area contributed by atoms with Crippen molar-refractivity contribution < 1.29 is 37.2 Å². The van der Waals surface area contributed by atoms with Crippen LogP contribution in [0.1, 0.15) is 102 Å². The molecule has 1 aliphatic heterocycles. The quantitative estimate of drug-likeness (QED) is 0.0621. The van der Waals surface area contributed by atoms with Gasteiger partial charge in [0, 0.05) is 54.6 Å². The Balaban J connectivity index is 0.000000156. The molecule has 3 fully saturated rings. The Morgan fingerprint density at radius 2 is 1.06 bits per heavy atom. The number of carbonyl (C=O) groups excluding carboxylic acids is 1. The molecule has 6 N–H and O–H groups in total. The van der Waals surface area contributed by atoms with Crippen LogP contribution in [0.2, 0.25) is 0 Å². The van der Waals surface area contributed by atoms with Crippen LogP contribution >= 0.6 is 15.9 Å². The maximum atomic E-state index is 13.3. The van der Waals surface area contributed by atoms with Gasteiger partial charge in [0.15, 0.2) is 5.69 Å². The first-order valence-corrected chi connectivity index (χ1v) is 27.5. The zero-order valence-corrected chi connectivity index (χ0v) is 47.3. The molecule has 0 spiro atoms. The number of nitrogen functional groups attached to an aromatic ring is 2. The zero-order valence-electron chi connectivity index (χ0n) is 45.7. The molecule has 0 unspecified atom stereocenters. The maximum absolute atomic E-state index is 13.3. The highest BCUT2D eigenvalue weighted by molar-refractivity contribution is 9.08. The molecular formula is C60H63BBrF3N10O7. The van der Waals surface area contributed by atoms with Crippen LogP contribution in [-0.4, -0.2) is 69.8 Å². The van der Waals surface area contributed by atoms with Gasteiger partial charge in [-0.15, -0.1) is 0 Å². The van der Waals surface area contributed by atoms with Crippen LogP contribution < -0.4 is 33.4 Å². The van der Waals surface area contributed by atoms with Crippen LogP contribution in [0.15, 0.2) is 162 Å². The summed E-state index contributed by atoms with van der Waals surface area (Å²) in [6.07, 6.45) is 10.7. The molecule has 0 atom stereocenters. The molecule has 2 aliphatic carbocycles. The van der Waals surface area contributed by atoms with Crippen molar-refractivity contribution in [2.45, 2.75) is 95.8 Å². The lowest BCUT2D eigenvalue weighted by Gasteiger charge is -2.32. The normalized spacial score (nSPS) is 14.5. The highest BCUT2D eigenvalue weighted by atomic mass is 79.9. The molecule has 5 aromatic heterocycles. The van der Waals surface area contributed by atoms with E-state index in [1.807, 2.05) is 64.1 Å². The highest BCUT2D eigenvalue weighted by Crippen LogP contribution is 2.36. The molecule has 0 bridgehead atoms. The lowest BCUT2D eigenvalue weighted by atomic mass is 9.80. The van der Waals surface area contributed by atoms with Crippen molar-refractivity contribution in [1.82, 2.24) is 34.5 Å². The lowest BCUT2D eigenvalue weighted by molar-refractivity contribution is 0.00578. The number of rotatable bonds is 13. The summed E-state index contributed by atoms with van der Waals surface area (Å²) in [5.41, 5.74) is 15.6. The van der Waals surface area contributed by atoms with E-state index in [-0.39, 0.29) is 58.3 Å². The Kier molecular flexibility index (Phi) is 21.2. The van der Waals surface area contributed by atoms with Gasteiger partial charge in [-0.1, -0.05) is 70.5 Å². The summed E-state index contributed by atoms with van der Waals surface area (Å²) < 4.78 is 52.9. The number of hydrogen-bond acceptors (Lipinski definition) is 13. The van der Waals surface area contributed by atoms with Gasteiger partial charge >= 0.3 is 13.1 Å². The van der Waals surface area contributed by atoms with E-state index >= 15 is 0 Å². The van der Waals surface area contributed by atoms with Gasteiger partial charge in [-0.3, -0.25) is 14.4 Å². The number of nitrogens with zero attached hydrogens (tertiary/aromatic N) is 7. The number of carboxylic acids is 1. The van der Waals surface area contributed by atoms with Gasteiger partial charge in [0.1, 0.15) is 40.6 Å². The van der Waals surface area contributed by atoms with E-state index in [0.717, 1.165) is 59.0 Å². The fraction of sp³-hybridized carbons (Fsp3) is 0.283. The van der Waals surface area contributed by atoms with E-state index in [4.69, 9.17) is 25.9 Å². The van der Waals surface area contributed by atoms with Crippen molar-refractivity contribution in [2.24, 2.45) is 11.8 Å². The molecule has 1 amide bonds. The minimum atomic E-state index is -1.10. The van der Waals surface area contributed by atoms with Crippen molar-refractivity contribution in [3.63, 3.8) is 0 Å². The highest BCUT2D eigenvalue weighted by Gasteiger charge is 2.51. The number of carboxylic acid groups (broad SMARTS) is 1. The van der Waals surface area contributed by atoms with Crippen LogP contribution in [0.25, 0.3) is 0 Å². The van der Waals surface area contributed by atoms with Gasteiger partial charge in [-0.05, 0) is 173 Å². The lowest BCUT2D eigenvalue weighted by Crippen LogP contribution is -2.41. The number of carbonyl (C=O) groups is 2. The molecule has 1 saturated heterocycles. The molecule has 8 aromatic rings. The topological polar surface area (TPSA) is 245 Å². The fourth-order valence-electron chi connectivity index (χ4n) is 7.73. The van der Waals surface area contributed by atoms with E-state index in [2.05, 4.69) is 46.4 Å². The first-order valence-electron chi connectivity index (χ1n) is 26.3. The molecular weight excluding hydrogens is 1120 g/mol. The second kappa shape index (κ2) is 28.4. The van der Waals surface area contributed by atoms with Gasteiger partial charge in [0.05, 0.1) is 11.2 Å². The number of halogens is 4. The minimum Gasteiger partial charge on any atom is -0.476 e. The molecule has 2 saturated carbocycles. The molecule has 22 heteroatoms. The number of hydrogen-bond donors (Lipinski definition) is 4. The number of amides is 1. The SMILES string of the molecule is CC1(C)OB(c2ccc(N)nc2)OC1(C)C.Fc1cccc(CBr)c1.Nc1ccc(Cc2cccc(F)c2)cn1.O=C(Nc1ccc(Cc2cccc(F)c2)cn1)c1ccc(=O)n(CC2CC2)n1.O=C(O)c1ccc(=O)n(CC2CC2)n1. The van der Waals surface area contributed by atoms with Gasteiger partial charge in [0.25, 0.3) is 17.0 Å². The van der Waals surface area contributed by atoms with Crippen molar-refractivity contribution in [2.75, 3.05) is 16.8 Å². The third-order valence-corrected chi connectivity index (χ3v) is 14.0. The van der Waals surface area contributed by atoms with Crippen molar-refractivity contribution in [1.29, 1.82) is 0 Å². The van der Waals surface area contributed by atoms with Crippen LogP contribution in [0.5, 0.6) is 0 Å². The molecule has 3 aromatic carbocycles. The van der Waals surface area contributed by atoms with Crippen molar-refractivity contribution in [3.05, 3.63) is 229 Å². The standard InChI is InChI=1S/C21H19FN4O2.C12H11FN2.C11H17BN2O2.C9H10N2O3.C7H6BrF/c22-17-3-1-2-15(11-17)10-16-6-8-19(23-12-16)24-21(28)18-7-9-20(27)26(25-18)13-14-4-5-14;13-11-3-1-2-9(7-11)6-10-4-5-12(14)15-8-10;1-10(2)11(3,4)16-12(15-10)8-5-6-9(13)14-7-8;12-8-4-3-7(9(13)14)10-11(8)5-6-1-2-6;8-5-6-2-1-3-7(9)4-6/h1-3,6-9,11-12,14H,4-5,10,13H2,(H,23,24,28);1-5,7-8H,6H2,(H2,14,15);5-7H,1-4H3,(H2,13,14);3-4,6H,1-2,5H2,(H,13,14);1-4H,5H2. The number of aromatic nitrogens is 7. The Hall–Kier alpha value is -8.34. The van der Waals surface area contributed by atoms with Crippen LogP contribution in [0, 0.1) is 29.3 Å². The van der Waals surface area contributed by atoms with Gasteiger partial charge in [0.2, 0.25) is 0 Å². The second-order valence-corrected chi connectivity index (χ2v) is 21.3. The summed E-state index contributed by atoms with van der Waals surface area (Å²) in [5, 5.41) is 20.0. The monoisotopic (exact) mass is 1180 g/mol. The number of alkyl halides is 1. The van der Waals surface area contributed by atoms with E-state index in [1.54, 1.807) is 55.0 Å². The zero-order chi connectivity index (χ0) is 59.0. The second-order valence-electron chi connectivity index (χ2n) is 20.7. The number of benzene rings is 3. The maximum Gasteiger partial charge on any atom is 0.496 e. The largest absolute Gasteiger partial charge is 0.496 e. The predicted molar refractivity (Wildman–Crippen MR) is 312 cm³/mol. The predicted octanol–water partition coefficient (Wildman–Crippen LogP) is 9.46. The summed E-state index contributed by atoms with van der Waals surface area (Å²) in [4.78, 5) is 58.4. The minimum absolute atomic E-state index is 0.0785. The molecule has 17 nitrogen and oxygen atoms in total. The third kappa shape index (κ3) is 19.2. The number of nitrogens with one attached hydrogen (secondary N) is 1. The molecule has 3 aliphatic rings. The number of nitrogens with two attached hydrogens (primary N) is 2. The van der Waals surface area contributed by atoms with Crippen LogP contribution in [0.3, 0.4) is 0 Å². The van der Waals surface area contributed by atoms with Crippen molar-refractivity contribution >= 4 is 57.8 Å². The average Bonchev–Trinajstić information content (AvgIpc) is 4.43. The Morgan fingerprint density at radius 3 is 1.48 bits per heavy atom. The Bertz CT molecular complexity index is 3530. The van der Waals surface area contributed by atoms with E-state index < -0.39 is 11.9 Å². The molecule has 0 radical (unpaired) electrons. The average molecular weight is 1180 g/mol. The van der Waals surface area contributed by atoms with Crippen LogP contribution in [-0.2, 0) is 40.6 Å².